The van der Waals surface area contributed by atoms with E-state index in [1.54, 1.807) is 77.2 Å². The van der Waals surface area contributed by atoms with E-state index in [1.807, 2.05) is 27.7 Å². The number of benzene rings is 2. The number of imidazole rings is 2. The Balaban J connectivity index is 0.000000334. The summed E-state index contributed by atoms with van der Waals surface area (Å²) in [6, 6.07) is 10.7. The molecule has 0 amide bonds. The van der Waals surface area contributed by atoms with Crippen LogP contribution in [0.3, 0.4) is 0 Å². The van der Waals surface area contributed by atoms with Gasteiger partial charge in [-0.3, -0.25) is 19.6 Å². The molecule has 15 heteroatoms. The fourth-order valence-corrected chi connectivity index (χ4v) is 5.35. The minimum Gasteiger partial charge on any atom is -0.497 e. The van der Waals surface area contributed by atoms with Crippen molar-refractivity contribution in [1.29, 1.82) is 0 Å². The van der Waals surface area contributed by atoms with E-state index in [0.717, 1.165) is 33.8 Å². The molecule has 4 aromatic heterocycles. The fourth-order valence-electron chi connectivity index (χ4n) is 5.35. The van der Waals surface area contributed by atoms with Crippen LogP contribution in [0, 0.1) is 27.7 Å². The first-order valence-electron chi connectivity index (χ1n) is 15.1. The maximum absolute atomic E-state index is 12.5. The van der Waals surface area contributed by atoms with Crippen LogP contribution in [0.5, 0.6) is 23.0 Å². The van der Waals surface area contributed by atoms with Crippen LogP contribution in [0.1, 0.15) is 54.9 Å². The van der Waals surface area contributed by atoms with Crippen LogP contribution >= 0.6 is 0 Å². The van der Waals surface area contributed by atoms with Crippen molar-refractivity contribution in [3.8, 4) is 23.0 Å². The predicted molar refractivity (Wildman–Crippen MR) is 193 cm³/mol. The second-order valence-corrected chi connectivity index (χ2v) is 11.1. The number of hydrogen-bond donors (Lipinski definition) is 0. The molecular formula is C36H40MgN6O8. The molecule has 4 heterocycles. The van der Waals surface area contributed by atoms with Gasteiger partial charge in [-0.05, 0) is 85.7 Å². The Morgan fingerprint density at radius 1 is 0.608 bits per heavy atom. The molecular weight excluding hydrogens is 669 g/mol. The molecule has 0 fully saturated rings. The Bertz CT molecular complexity index is 1990. The monoisotopic (exact) mass is 708 g/mol. The molecule has 0 saturated heterocycles. The van der Waals surface area contributed by atoms with Gasteiger partial charge < -0.3 is 49.8 Å². The Morgan fingerprint density at radius 3 is 1.31 bits per heavy atom. The standard InChI is InChI=1S/2C18H19N3O3.Mg.2H2O/c2*1-10-9-19-14(11(2)17(10)24-4)8-16(22)18-20-13-6-5-12(23-3)7-15(13)21-18;;;/h2*5-7,9H,8H2,1-4H3,(H,20,21,22);;2*1H2/q;;+2;;/p-2. The molecule has 0 radical (unpaired) electrons. The van der Waals surface area contributed by atoms with Gasteiger partial charge in [0, 0.05) is 34.6 Å². The Hall–Kier alpha value is -5.09. The largest absolute Gasteiger partial charge is 2.00 e. The summed E-state index contributed by atoms with van der Waals surface area (Å²) >= 11 is 0. The van der Waals surface area contributed by atoms with Gasteiger partial charge in [0.05, 0.1) is 52.7 Å². The molecule has 0 aliphatic heterocycles. The molecule has 0 bridgehead atoms. The van der Waals surface area contributed by atoms with Gasteiger partial charge in [-0.25, -0.2) is 0 Å². The Kier molecular flexibility index (Phi) is 15.0. The van der Waals surface area contributed by atoms with Crippen LogP contribution in [0.4, 0.5) is 0 Å². The summed E-state index contributed by atoms with van der Waals surface area (Å²) in [5.41, 5.74) is 7.58. The molecule has 0 atom stereocenters. The average molecular weight is 709 g/mol. The first-order chi connectivity index (χ1) is 23.1. The maximum Gasteiger partial charge on any atom is 2.00 e. The third-order valence-corrected chi connectivity index (χ3v) is 7.92. The second kappa shape index (κ2) is 18.2. The molecule has 0 unspecified atom stereocenters. The molecule has 0 aliphatic carbocycles. The van der Waals surface area contributed by atoms with E-state index in [1.165, 1.54) is 0 Å². The van der Waals surface area contributed by atoms with Gasteiger partial charge in [-0.1, -0.05) is 12.1 Å². The molecule has 6 rings (SSSR count). The number of nitrogens with zero attached hydrogens (tertiary/aromatic N) is 6. The molecule has 264 valence electrons. The third kappa shape index (κ3) is 9.18. The molecule has 0 saturated carbocycles. The minimum atomic E-state index is -0.174. The van der Waals surface area contributed by atoms with Gasteiger partial charge in [0.25, 0.3) is 0 Å². The fraction of sp³-hybridized carbons (Fsp3) is 0.278. The van der Waals surface area contributed by atoms with Gasteiger partial charge in [0.15, 0.2) is 11.6 Å². The number of aromatic nitrogens is 6. The Labute approximate surface area is 311 Å². The van der Waals surface area contributed by atoms with Crippen molar-refractivity contribution in [2.75, 3.05) is 28.4 Å². The van der Waals surface area contributed by atoms with E-state index < -0.39 is 0 Å². The van der Waals surface area contributed by atoms with Crippen molar-refractivity contribution in [3.63, 3.8) is 0 Å². The van der Waals surface area contributed by atoms with E-state index in [2.05, 4.69) is 29.9 Å². The molecule has 0 spiro atoms. The van der Waals surface area contributed by atoms with Crippen molar-refractivity contribution in [2.45, 2.75) is 40.5 Å². The number of carbonyl (C=O) groups is 2. The summed E-state index contributed by atoms with van der Waals surface area (Å²) in [6.07, 6.45) is 3.69. The van der Waals surface area contributed by atoms with Crippen molar-refractivity contribution < 1.29 is 39.5 Å². The van der Waals surface area contributed by atoms with Crippen LogP contribution < -0.4 is 28.9 Å². The topological polar surface area (TPSA) is 214 Å². The maximum atomic E-state index is 12.5. The van der Waals surface area contributed by atoms with Crippen molar-refractivity contribution in [3.05, 3.63) is 94.1 Å². The summed E-state index contributed by atoms with van der Waals surface area (Å²) in [5, 5.41) is 0. The number of carbonyl (C=O) groups excluding carboxylic acids is 2. The number of Topliss-reactive ketones (excluding diaryl/α,β-unsaturated/α-hetero) is 2. The zero-order valence-electron chi connectivity index (χ0n) is 29.9. The van der Waals surface area contributed by atoms with Crippen molar-refractivity contribution in [2.24, 2.45) is 0 Å². The number of methoxy groups -OCH3 is 4. The van der Waals surface area contributed by atoms with Gasteiger partial charge in [0.2, 0.25) is 0 Å². The summed E-state index contributed by atoms with van der Waals surface area (Å²) in [6.45, 7) is 7.64. The van der Waals surface area contributed by atoms with E-state index in [4.69, 9.17) is 18.9 Å². The summed E-state index contributed by atoms with van der Waals surface area (Å²) in [5.74, 6) is 2.91. The number of fused-ring (bicyclic) bond motifs is 2. The quantitative estimate of drug-likeness (QED) is 0.148. The minimum absolute atomic E-state index is 0. The molecule has 2 aromatic carbocycles. The smallest absolute Gasteiger partial charge is 0.497 e. The third-order valence-electron chi connectivity index (χ3n) is 7.92. The zero-order chi connectivity index (χ0) is 34.5. The number of pyridine rings is 2. The number of ether oxygens (including phenoxy) is 4. The predicted octanol–water partition coefficient (Wildman–Crippen LogP) is 3.26. The Morgan fingerprint density at radius 2 is 0.980 bits per heavy atom. The van der Waals surface area contributed by atoms with Crippen molar-refractivity contribution >= 4 is 56.7 Å². The first-order valence-corrected chi connectivity index (χ1v) is 15.1. The van der Waals surface area contributed by atoms with Crippen LogP contribution in [0.25, 0.3) is 22.1 Å². The second-order valence-electron chi connectivity index (χ2n) is 11.1. The van der Waals surface area contributed by atoms with Crippen LogP contribution in [0.15, 0.2) is 48.8 Å². The number of rotatable bonds is 10. The van der Waals surface area contributed by atoms with Crippen molar-refractivity contribution in [1.82, 2.24) is 29.9 Å². The van der Waals surface area contributed by atoms with E-state index in [-0.39, 0.29) is 70.1 Å². The first kappa shape index (κ1) is 42.1. The van der Waals surface area contributed by atoms with Crippen LogP contribution in [0.2, 0.25) is 0 Å². The molecule has 14 nitrogen and oxygen atoms in total. The summed E-state index contributed by atoms with van der Waals surface area (Å²) < 4.78 is 21.1. The van der Waals surface area contributed by atoms with E-state index in [0.29, 0.717) is 45.0 Å². The number of aryl methyl sites for hydroxylation is 2. The number of ketones is 2. The van der Waals surface area contributed by atoms with Crippen LogP contribution in [-0.4, -0.2) is 93.9 Å². The molecule has 51 heavy (non-hydrogen) atoms. The van der Waals surface area contributed by atoms with E-state index in [9.17, 15) is 9.59 Å². The summed E-state index contributed by atoms with van der Waals surface area (Å²) in [7, 11) is 6.40. The van der Waals surface area contributed by atoms with Gasteiger partial charge in [0.1, 0.15) is 23.0 Å². The summed E-state index contributed by atoms with van der Waals surface area (Å²) in [4.78, 5) is 51.0. The molecule has 6 aromatic rings. The number of hydrogen-bond acceptors (Lipinski definition) is 10. The van der Waals surface area contributed by atoms with Gasteiger partial charge in [-0.15, -0.1) is 0 Å². The van der Waals surface area contributed by atoms with Gasteiger partial charge in [-0.2, -0.15) is 0 Å². The SMILES string of the molecule is COc1ccc2[n-]c(C(=O)Cc3ncc(C)c(OC)c3C)nc2c1.COc1ccc2[n-]c(C(=O)Cc3ncc(C)c(OC)c3C)nc2c1.O.O.[Mg+2]. The van der Waals surface area contributed by atoms with Crippen LogP contribution in [-0.2, 0) is 12.8 Å². The van der Waals surface area contributed by atoms with Gasteiger partial charge >= 0.3 is 23.1 Å². The molecule has 4 N–H and O–H groups in total. The average Bonchev–Trinajstić information content (AvgIpc) is 3.72. The zero-order valence-corrected chi connectivity index (χ0v) is 31.3. The van der Waals surface area contributed by atoms with E-state index >= 15 is 0 Å². The normalized spacial score (nSPS) is 10.2. The molecule has 0 aliphatic rings.